The second-order valence-electron chi connectivity index (χ2n) is 7.46. The molecule has 1 unspecified atom stereocenters. The molecule has 5 atom stereocenters. The maximum atomic E-state index is 10.5. The summed E-state index contributed by atoms with van der Waals surface area (Å²) in [5.74, 6) is 1.14. The van der Waals surface area contributed by atoms with E-state index in [0.29, 0.717) is 19.3 Å². The van der Waals surface area contributed by atoms with Crippen molar-refractivity contribution in [3.8, 4) is 0 Å². The van der Waals surface area contributed by atoms with Gasteiger partial charge in [-0.25, -0.2) is 0 Å². The van der Waals surface area contributed by atoms with E-state index in [1.807, 2.05) is 35.8 Å². The van der Waals surface area contributed by atoms with Gasteiger partial charge in [0, 0.05) is 0 Å². The Balaban J connectivity index is 1.87. The molecule has 1 radical (unpaired) electrons. The third kappa shape index (κ3) is 7.49. The van der Waals surface area contributed by atoms with Crippen LogP contribution in [-0.2, 0) is 11.2 Å². The van der Waals surface area contributed by atoms with Crippen LogP contribution >= 0.6 is 11.3 Å². The van der Waals surface area contributed by atoms with Gasteiger partial charge in [0.2, 0.25) is 0 Å². The second-order valence-corrected chi connectivity index (χ2v) is 8.50. The van der Waals surface area contributed by atoms with E-state index in [4.69, 9.17) is 12.6 Å². The number of carboxylic acids is 1. The number of allylic oxidation sites excluding steroid dienone is 3. The topological polar surface area (TPSA) is 77.8 Å². The Labute approximate surface area is 172 Å². The Hall–Kier alpha value is -1.50. The SMILES string of the molecule is [B]=C[C@@H]1CC(O)[C@H](C/C=C\CCCC(=O)O)[C@H]1/C=C/[C@@H](O)CCc1cccs1. The van der Waals surface area contributed by atoms with Gasteiger partial charge in [0.05, 0.1) is 0 Å². The molecule has 1 aromatic rings. The summed E-state index contributed by atoms with van der Waals surface area (Å²) in [6, 6.07) is 4.09. The fourth-order valence-electron chi connectivity index (χ4n) is 3.83. The Bertz CT molecular complexity index is 656. The maximum absolute atomic E-state index is 10.5. The zero-order valence-electron chi connectivity index (χ0n) is 16.2. The number of carboxylic acid groups (broad SMARTS) is 1. The molecule has 28 heavy (non-hydrogen) atoms. The molecule has 0 amide bonds. The van der Waals surface area contributed by atoms with Gasteiger partial charge < -0.3 is 0 Å². The molecular weight excluding hydrogens is 371 g/mol. The summed E-state index contributed by atoms with van der Waals surface area (Å²) in [5, 5.41) is 31.4. The summed E-state index contributed by atoms with van der Waals surface area (Å²) in [6.45, 7) is 0. The van der Waals surface area contributed by atoms with Gasteiger partial charge in [0.1, 0.15) is 0 Å². The van der Waals surface area contributed by atoms with E-state index < -0.39 is 18.2 Å². The molecule has 1 heterocycles. The zero-order chi connectivity index (χ0) is 20.4. The van der Waals surface area contributed by atoms with Crippen molar-refractivity contribution in [2.75, 3.05) is 0 Å². The van der Waals surface area contributed by atoms with Crippen molar-refractivity contribution in [3.05, 3.63) is 46.7 Å². The molecule has 3 N–H and O–H groups in total. The number of hydrogen-bond acceptors (Lipinski definition) is 4. The molecule has 1 fully saturated rings. The minimum absolute atomic E-state index is 0.0567. The zero-order valence-corrected chi connectivity index (χ0v) is 17.0. The predicted octanol–water partition coefficient (Wildman–Crippen LogP) is 3.38. The number of thiophene rings is 1. The van der Waals surface area contributed by atoms with E-state index in [1.165, 1.54) is 4.88 Å². The van der Waals surface area contributed by atoms with Crippen LogP contribution in [0.2, 0.25) is 0 Å². The van der Waals surface area contributed by atoms with Gasteiger partial charge in [-0.2, -0.15) is 0 Å². The van der Waals surface area contributed by atoms with Crippen molar-refractivity contribution in [2.24, 2.45) is 17.8 Å². The molecule has 1 aliphatic carbocycles. The van der Waals surface area contributed by atoms with Crippen LogP contribution in [0.15, 0.2) is 41.8 Å². The number of rotatable bonds is 12. The first-order chi connectivity index (χ1) is 13.5. The number of hydrogen-bond donors (Lipinski definition) is 3. The van der Waals surface area contributed by atoms with Crippen molar-refractivity contribution in [2.45, 2.75) is 57.2 Å². The second kappa shape index (κ2) is 12.1. The Kier molecular flexibility index (Phi) is 9.89. The van der Waals surface area contributed by atoms with Crippen LogP contribution < -0.4 is 0 Å². The molecule has 4 nitrogen and oxygen atoms in total. The van der Waals surface area contributed by atoms with Gasteiger partial charge in [-0.15, -0.1) is 0 Å². The average Bonchev–Trinajstić information content (AvgIpc) is 3.28. The van der Waals surface area contributed by atoms with Crippen LogP contribution in [0.4, 0.5) is 0 Å². The Morgan fingerprint density at radius 1 is 1.39 bits per heavy atom. The molecule has 0 bridgehead atoms. The predicted molar refractivity (Wildman–Crippen MR) is 116 cm³/mol. The Morgan fingerprint density at radius 3 is 2.89 bits per heavy atom. The van der Waals surface area contributed by atoms with Crippen LogP contribution in [0.5, 0.6) is 0 Å². The third-order valence-corrected chi connectivity index (χ3v) is 6.34. The summed E-state index contributed by atoms with van der Waals surface area (Å²) < 4.78 is 0. The summed E-state index contributed by atoms with van der Waals surface area (Å²) >= 11 is 1.70. The molecule has 0 spiro atoms. The number of aliphatic hydroxyl groups is 2. The molecule has 0 aromatic carbocycles. The minimum atomic E-state index is -0.774. The molecular formula is C22H30BO4S. The van der Waals surface area contributed by atoms with Crippen LogP contribution in [-0.4, -0.2) is 47.0 Å². The van der Waals surface area contributed by atoms with E-state index in [2.05, 4.69) is 6.07 Å². The van der Waals surface area contributed by atoms with Crippen molar-refractivity contribution in [1.82, 2.24) is 0 Å². The third-order valence-electron chi connectivity index (χ3n) is 5.40. The number of aryl methyl sites for hydroxylation is 1. The molecule has 1 saturated carbocycles. The summed E-state index contributed by atoms with van der Waals surface area (Å²) in [5.41, 5.74) is 0. The molecule has 1 aliphatic rings. The van der Waals surface area contributed by atoms with Crippen LogP contribution in [0.1, 0.15) is 43.4 Å². The van der Waals surface area contributed by atoms with E-state index in [0.717, 1.165) is 19.3 Å². The monoisotopic (exact) mass is 401 g/mol. The summed E-state index contributed by atoms with van der Waals surface area (Å²) in [7, 11) is 5.80. The summed E-state index contributed by atoms with van der Waals surface area (Å²) in [4.78, 5) is 11.8. The van der Waals surface area contributed by atoms with Gasteiger partial charge in [0.25, 0.3) is 0 Å². The molecule has 151 valence electrons. The van der Waals surface area contributed by atoms with E-state index in [1.54, 1.807) is 17.3 Å². The normalized spacial score (nSPS) is 26.2. The fraction of sp³-hybridized carbons (Fsp3) is 0.545. The van der Waals surface area contributed by atoms with Gasteiger partial charge in [-0.05, 0) is 0 Å². The number of aliphatic hydroxyl groups excluding tert-OH is 2. The van der Waals surface area contributed by atoms with E-state index in [-0.39, 0.29) is 24.2 Å². The molecule has 1 aromatic heterocycles. The number of aliphatic carboxylic acids is 1. The molecule has 0 saturated heterocycles. The van der Waals surface area contributed by atoms with Crippen LogP contribution in [0.3, 0.4) is 0 Å². The van der Waals surface area contributed by atoms with Crippen molar-refractivity contribution in [1.29, 1.82) is 0 Å². The van der Waals surface area contributed by atoms with Gasteiger partial charge in [0.15, 0.2) is 0 Å². The van der Waals surface area contributed by atoms with Crippen molar-refractivity contribution in [3.63, 3.8) is 0 Å². The first kappa shape index (κ1) is 22.8. The Morgan fingerprint density at radius 2 is 2.21 bits per heavy atom. The van der Waals surface area contributed by atoms with Gasteiger partial charge >= 0.3 is 172 Å². The first-order valence-corrected chi connectivity index (χ1v) is 10.9. The molecule has 6 heteroatoms. The van der Waals surface area contributed by atoms with E-state index >= 15 is 0 Å². The van der Waals surface area contributed by atoms with Gasteiger partial charge in [-0.3, -0.25) is 0 Å². The van der Waals surface area contributed by atoms with Crippen LogP contribution in [0, 0.1) is 17.8 Å². The van der Waals surface area contributed by atoms with Crippen molar-refractivity contribution >= 4 is 30.8 Å². The molecule has 0 aliphatic heterocycles. The quantitative estimate of drug-likeness (QED) is 0.285. The standard InChI is InChI=1S/C22H30BO4S/c23-15-16-14-21(25)20(7-3-1-2-4-8-22(26)27)19(16)12-10-17(24)9-11-18-6-5-13-28-18/h1,3,5-6,10,12-13,15-17,19-21,24-25H,2,4,7-9,11,14H2,(H,26,27)/b3-1-,12-10+/t16-,17-,19-,20+,21?/m0/s1. The number of unbranched alkanes of at least 4 members (excludes halogenated alkanes) is 1. The fourth-order valence-corrected chi connectivity index (χ4v) is 4.56. The van der Waals surface area contributed by atoms with Crippen LogP contribution in [0.25, 0.3) is 0 Å². The number of carbonyl (C=O) groups is 1. The average molecular weight is 401 g/mol. The van der Waals surface area contributed by atoms with E-state index in [9.17, 15) is 15.0 Å². The van der Waals surface area contributed by atoms with Gasteiger partial charge in [-0.1, -0.05) is 0 Å². The van der Waals surface area contributed by atoms with Crippen molar-refractivity contribution < 1.29 is 20.1 Å². The summed E-state index contributed by atoms with van der Waals surface area (Å²) in [6.07, 6.45) is 11.4. The molecule has 2 rings (SSSR count). The first-order valence-electron chi connectivity index (χ1n) is 10.00.